The summed E-state index contributed by atoms with van der Waals surface area (Å²) in [5.74, 6) is 0.461. The first-order chi connectivity index (χ1) is 11.4. The normalized spacial score (nSPS) is 27.2. The van der Waals surface area contributed by atoms with Gasteiger partial charge in [0.2, 0.25) is 5.91 Å². The summed E-state index contributed by atoms with van der Waals surface area (Å²) in [5, 5.41) is 3.22. The second-order valence-corrected chi connectivity index (χ2v) is 7.56. The lowest BCUT2D eigenvalue weighted by molar-refractivity contribution is -0.142. The van der Waals surface area contributed by atoms with Crippen molar-refractivity contribution < 1.29 is 9.53 Å². The molecule has 0 bridgehead atoms. The van der Waals surface area contributed by atoms with Gasteiger partial charge in [0.25, 0.3) is 0 Å². The van der Waals surface area contributed by atoms with E-state index in [0.29, 0.717) is 19.6 Å². The monoisotopic (exact) mass is 334 g/mol. The van der Waals surface area contributed by atoms with E-state index in [1.54, 1.807) is 7.11 Å². The molecule has 0 aromatic rings. The van der Waals surface area contributed by atoms with E-state index >= 15 is 0 Å². The fourth-order valence-corrected chi connectivity index (χ4v) is 3.99. The second kappa shape index (κ2) is 7.60. The van der Waals surface area contributed by atoms with Crippen molar-refractivity contribution in [1.82, 2.24) is 4.90 Å². The molecule has 2 aliphatic rings. The predicted octanol–water partition coefficient (Wildman–Crippen LogP) is 3.70. The van der Waals surface area contributed by atoms with Crippen molar-refractivity contribution in [3.05, 3.63) is 28.2 Å². The van der Waals surface area contributed by atoms with Crippen LogP contribution in [0.15, 0.2) is 28.5 Å². The number of carbonyl (C=O) groups excluding carboxylic acids is 1. The van der Waals surface area contributed by atoms with Crippen molar-refractivity contribution in [3.8, 4) is 0 Å². The van der Waals surface area contributed by atoms with Crippen molar-refractivity contribution in [1.29, 1.82) is 0 Å². The van der Waals surface area contributed by atoms with Crippen molar-refractivity contribution in [2.75, 3.05) is 20.3 Å². The summed E-state index contributed by atoms with van der Waals surface area (Å²) >= 11 is 0. The molecule has 1 amide bonds. The van der Waals surface area contributed by atoms with Crippen LogP contribution in [0.5, 0.6) is 0 Å². The van der Waals surface area contributed by atoms with Crippen LogP contribution in [0, 0.1) is 16.2 Å². The molecule has 1 fully saturated rings. The molecule has 134 valence electrons. The smallest absolute Gasteiger partial charge is 0.223 e. The number of fused-ring (bicyclic) bond motifs is 1. The molecule has 0 spiro atoms. The van der Waals surface area contributed by atoms with Crippen LogP contribution < -0.4 is 0 Å². The lowest BCUT2D eigenvalue weighted by Crippen LogP contribution is -2.55. The van der Waals surface area contributed by atoms with Gasteiger partial charge in [0, 0.05) is 32.6 Å². The van der Waals surface area contributed by atoms with Crippen molar-refractivity contribution >= 4 is 5.91 Å². The topological polar surface area (TPSA) is 59.0 Å². The van der Waals surface area contributed by atoms with Gasteiger partial charge in [-0.05, 0) is 36.3 Å². The van der Waals surface area contributed by atoms with Gasteiger partial charge in [0.1, 0.15) is 6.04 Å². The Morgan fingerprint density at radius 2 is 2.12 bits per heavy atom. The zero-order valence-electron chi connectivity index (χ0n) is 15.5. The third-order valence-electron chi connectivity index (χ3n) is 5.40. The molecule has 0 radical (unpaired) electrons. The number of carbonyl (C=O) groups is 1. The number of hydrogen-bond acceptors (Lipinski definition) is 4. The highest BCUT2D eigenvalue weighted by Gasteiger charge is 2.46. The number of piperidine rings is 1. The van der Waals surface area contributed by atoms with E-state index in [1.165, 1.54) is 5.57 Å². The number of hydrogen-bond donors (Lipinski definition) is 0. The second-order valence-electron chi connectivity index (χ2n) is 7.56. The predicted molar refractivity (Wildman–Crippen MR) is 95.6 cm³/mol. The SMILES string of the molecule is CCC1=CC2C(C=C1C(C)N=O)N(CCCOC)C(=O)CC2(C)C. The quantitative estimate of drug-likeness (QED) is 0.527. The minimum atomic E-state index is -0.377. The molecule has 1 aliphatic heterocycles. The van der Waals surface area contributed by atoms with Crippen LogP contribution in [0.3, 0.4) is 0 Å². The Morgan fingerprint density at radius 3 is 2.71 bits per heavy atom. The van der Waals surface area contributed by atoms with Gasteiger partial charge in [-0.2, -0.15) is 4.91 Å². The molecular formula is C19H30N2O3. The molecule has 0 aromatic carbocycles. The average Bonchev–Trinajstić information content (AvgIpc) is 2.55. The molecule has 3 atom stereocenters. The van der Waals surface area contributed by atoms with E-state index in [9.17, 15) is 9.70 Å². The van der Waals surface area contributed by atoms with Crippen molar-refractivity contribution in [2.45, 2.75) is 59.0 Å². The zero-order valence-corrected chi connectivity index (χ0v) is 15.5. The molecule has 5 nitrogen and oxygen atoms in total. The number of nitroso groups, excluding NO2 is 1. The molecule has 0 aromatic heterocycles. The maximum atomic E-state index is 12.7. The molecular weight excluding hydrogens is 304 g/mol. The zero-order chi connectivity index (χ0) is 17.9. The lowest BCUT2D eigenvalue weighted by atomic mass is 9.65. The Balaban J connectivity index is 2.38. The van der Waals surface area contributed by atoms with Crippen LogP contribution >= 0.6 is 0 Å². The fraction of sp³-hybridized carbons (Fsp3) is 0.737. The largest absolute Gasteiger partial charge is 0.385 e. The summed E-state index contributed by atoms with van der Waals surface area (Å²) in [4.78, 5) is 25.8. The van der Waals surface area contributed by atoms with Crippen LogP contribution in [0.4, 0.5) is 0 Å². The van der Waals surface area contributed by atoms with E-state index < -0.39 is 0 Å². The Kier molecular flexibility index (Phi) is 5.97. The summed E-state index contributed by atoms with van der Waals surface area (Å²) in [6, 6.07) is -0.370. The molecule has 24 heavy (non-hydrogen) atoms. The lowest BCUT2D eigenvalue weighted by Gasteiger charge is -2.49. The van der Waals surface area contributed by atoms with E-state index in [-0.39, 0.29) is 29.3 Å². The van der Waals surface area contributed by atoms with Gasteiger partial charge in [-0.3, -0.25) is 4.79 Å². The molecule has 3 unspecified atom stereocenters. The average molecular weight is 334 g/mol. The summed E-state index contributed by atoms with van der Waals surface area (Å²) in [5.41, 5.74) is 2.10. The fourth-order valence-electron chi connectivity index (χ4n) is 3.99. The number of likely N-dealkylation sites (tertiary alicyclic amines) is 1. The van der Waals surface area contributed by atoms with Gasteiger partial charge < -0.3 is 9.64 Å². The van der Waals surface area contributed by atoms with Gasteiger partial charge in [-0.1, -0.05) is 38.1 Å². The van der Waals surface area contributed by atoms with E-state index in [0.717, 1.165) is 18.4 Å². The summed E-state index contributed by atoms with van der Waals surface area (Å²) < 4.78 is 5.13. The Hall–Kier alpha value is -1.49. The Labute approximate surface area is 145 Å². The van der Waals surface area contributed by atoms with Crippen molar-refractivity contribution in [2.24, 2.45) is 16.5 Å². The molecule has 1 heterocycles. The third-order valence-corrected chi connectivity index (χ3v) is 5.40. The number of nitrogens with zero attached hydrogens (tertiary/aromatic N) is 2. The van der Waals surface area contributed by atoms with E-state index in [4.69, 9.17) is 4.74 Å². The molecule has 1 saturated heterocycles. The standard InChI is InChI=1S/C19H30N2O3/c1-6-14-10-16-17(11-15(14)13(2)20-23)21(8-7-9-24-5)18(22)12-19(16,3)4/h10-11,13,16-17H,6-9,12H2,1-5H3. The molecule has 2 rings (SSSR count). The maximum Gasteiger partial charge on any atom is 0.223 e. The van der Waals surface area contributed by atoms with Gasteiger partial charge in [0.05, 0.1) is 6.04 Å². The molecule has 0 N–H and O–H groups in total. The van der Waals surface area contributed by atoms with Crippen LogP contribution in [-0.2, 0) is 9.53 Å². The Morgan fingerprint density at radius 1 is 1.42 bits per heavy atom. The maximum absolute atomic E-state index is 12.7. The first-order valence-corrected chi connectivity index (χ1v) is 8.89. The van der Waals surface area contributed by atoms with Crippen LogP contribution in [0.25, 0.3) is 0 Å². The van der Waals surface area contributed by atoms with Crippen LogP contribution in [0.2, 0.25) is 0 Å². The molecule has 5 heteroatoms. The highest BCUT2D eigenvalue weighted by atomic mass is 16.5. The first kappa shape index (κ1) is 18.8. The number of amides is 1. The minimum Gasteiger partial charge on any atom is -0.385 e. The number of methoxy groups -OCH3 is 1. The summed E-state index contributed by atoms with van der Waals surface area (Å²) in [7, 11) is 1.68. The highest BCUT2D eigenvalue weighted by Crippen LogP contribution is 2.46. The van der Waals surface area contributed by atoms with E-state index in [1.807, 2.05) is 11.8 Å². The van der Waals surface area contributed by atoms with Gasteiger partial charge in [-0.15, -0.1) is 0 Å². The van der Waals surface area contributed by atoms with E-state index in [2.05, 4.69) is 38.1 Å². The number of ether oxygens (including phenoxy) is 1. The van der Waals surface area contributed by atoms with Gasteiger partial charge >= 0.3 is 0 Å². The highest BCUT2D eigenvalue weighted by molar-refractivity contribution is 5.79. The first-order valence-electron chi connectivity index (χ1n) is 8.89. The summed E-state index contributed by atoms with van der Waals surface area (Å²) in [6.07, 6.45) is 6.67. The van der Waals surface area contributed by atoms with Crippen LogP contribution in [-0.4, -0.2) is 43.2 Å². The van der Waals surface area contributed by atoms with Crippen LogP contribution in [0.1, 0.15) is 47.0 Å². The third kappa shape index (κ3) is 3.61. The summed E-state index contributed by atoms with van der Waals surface area (Å²) in [6.45, 7) is 9.59. The van der Waals surface area contributed by atoms with Crippen molar-refractivity contribution in [3.63, 3.8) is 0 Å². The molecule has 1 aliphatic carbocycles. The number of rotatable bonds is 7. The Bertz CT molecular complexity index is 551. The van der Waals surface area contributed by atoms with Gasteiger partial charge in [0.15, 0.2) is 0 Å². The minimum absolute atomic E-state index is 0.00704. The molecule has 0 saturated carbocycles. The van der Waals surface area contributed by atoms with Gasteiger partial charge in [-0.25, -0.2) is 0 Å².